The van der Waals surface area contributed by atoms with Crippen molar-refractivity contribution < 1.29 is 26.4 Å². The van der Waals surface area contributed by atoms with E-state index in [2.05, 4.69) is 33.9 Å². The molecule has 14 heteroatoms. The van der Waals surface area contributed by atoms with Gasteiger partial charge in [0.25, 0.3) is 0 Å². The topological polar surface area (TPSA) is 151 Å². The number of nitrogens with one attached hydrogen (secondary N) is 4. The molecule has 2 amide bonds. The van der Waals surface area contributed by atoms with E-state index in [0.717, 1.165) is 74.8 Å². The first-order chi connectivity index (χ1) is 22.1. The number of rotatable bonds is 25. The average Bonchev–Trinajstić information content (AvgIpc) is 3.02. The van der Waals surface area contributed by atoms with Gasteiger partial charge in [-0.25, -0.2) is 0 Å². The van der Waals surface area contributed by atoms with Crippen LogP contribution in [0.15, 0.2) is 58.3 Å². The van der Waals surface area contributed by atoms with E-state index in [1.54, 1.807) is 24.3 Å². The molecule has 0 radical (unpaired) electrons. The molecule has 0 heterocycles. The van der Waals surface area contributed by atoms with Gasteiger partial charge >= 0.3 is 224 Å². The first kappa shape index (κ1) is 40.4. The van der Waals surface area contributed by atoms with Gasteiger partial charge in [-0.2, -0.15) is 0 Å². The maximum absolute atomic E-state index is 12.4. The summed E-state index contributed by atoms with van der Waals surface area (Å²) in [6.07, 6.45) is 10.4. The van der Waals surface area contributed by atoms with E-state index >= 15 is 0 Å². The minimum atomic E-state index is -3.55. The summed E-state index contributed by atoms with van der Waals surface area (Å²) in [7, 11) is -7.10. The molecule has 2 aromatic rings. The van der Waals surface area contributed by atoms with Gasteiger partial charge in [0, 0.05) is 0 Å². The molecule has 0 saturated carbocycles. The molecule has 0 saturated heterocycles. The van der Waals surface area contributed by atoms with Crippen LogP contribution in [-0.2, 0) is 29.6 Å². The summed E-state index contributed by atoms with van der Waals surface area (Å²) in [5.41, 5.74) is 1.15. The Morgan fingerprint density at radius 2 is 0.913 bits per heavy atom. The first-order valence-corrected chi connectivity index (χ1v) is 25.8. The van der Waals surface area contributed by atoms with Crippen molar-refractivity contribution in [1.29, 1.82) is 0 Å². The third-order valence-electron chi connectivity index (χ3n) is 6.89. The van der Waals surface area contributed by atoms with Gasteiger partial charge in [0.15, 0.2) is 0 Å². The number of hydrogen-bond donors (Lipinski definition) is 4. The standard InChI is InChI=1S/C32H50N4O6S2Se2/c1-3-5-7-9-23-33-43(39,40)29-19-15-27(16-20-29)35-31(37)13-11-25-45-46-26-12-14-32(38)36-28-17-21-30(22-18-28)44(41,42)34-24-10-8-6-4-2/h15-22,33-34H,3-14,23-26H2,1-2H3,(H,35,37)(H,36,38). The molecule has 0 atom stereocenters. The third-order valence-corrected chi connectivity index (χ3v) is 17.6. The number of benzene rings is 2. The molecule has 0 aliphatic rings. The van der Waals surface area contributed by atoms with Gasteiger partial charge in [-0.1, -0.05) is 52.4 Å². The zero-order chi connectivity index (χ0) is 33.7. The van der Waals surface area contributed by atoms with Crippen LogP contribution in [0.2, 0.25) is 10.6 Å². The molecular weight excluding hydrogens is 758 g/mol. The average molecular weight is 809 g/mol. The monoisotopic (exact) mass is 810 g/mol. The SMILES string of the molecule is CCCCCCNS(=O)(=O)c1ccc(NC(=O)CCC[Se][Se]CCCC(=O)Nc2ccc(S(=O)(=O)NCCCCCC)cc2)cc1. The van der Waals surface area contributed by atoms with Gasteiger partial charge in [-0.05, 0) is 12.8 Å². The fourth-order valence-corrected chi connectivity index (χ4v) is 13.1. The molecule has 0 spiro atoms. The predicted octanol–water partition coefficient (Wildman–Crippen LogP) is 5.70. The van der Waals surface area contributed by atoms with E-state index in [1.165, 1.54) is 24.3 Å². The molecule has 46 heavy (non-hydrogen) atoms. The van der Waals surface area contributed by atoms with Crippen molar-refractivity contribution in [1.82, 2.24) is 9.44 Å². The van der Waals surface area contributed by atoms with Crippen LogP contribution in [0.1, 0.15) is 90.9 Å². The second kappa shape index (κ2) is 22.7. The molecule has 0 unspecified atom stereocenters. The Kier molecular flexibility index (Phi) is 20.0. The molecule has 0 aliphatic carbocycles. The van der Waals surface area contributed by atoms with E-state index in [9.17, 15) is 26.4 Å². The fourth-order valence-electron chi connectivity index (χ4n) is 4.27. The van der Waals surface area contributed by atoms with Crippen molar-refractivity contribution in [2.24, 2.45) is 0 Å². The van der Waals surface area contributed by atoms with Crippen molar-refractivity contribution in [3.8, 4) is 0 Å². The van der Waals surface area contributed by atoms with Crippen LogP contribution in [-0.4, -0.2) is 68.0 Å². The third kappa shape index (κ3) is 16.9. The Labute approximate surface area is 287 Å². The van der Waals surface area contributed by atoms with Gasteiger partial charge in [-0.15, -0.1) is 0 Å². The Hall–Kier alpha value is -1.76. The van der Waals surface area contributed by atoms with Crippen LogP contribution in [0.25, 0.3) is 0 Å². The van der Waals surface area contributed by atoms with E-state index in [1.807, 2.05) is 0 Å². The van der Waals surface area contributed by atoms with Gasteiger partial charge in [0.05, 0.1) is 0 Å². The molecule has 0 aromatic heterocycles. The van der Waals surface area contributed by atoms with Crippen molar-refractivity contribution in [2.75, 3.05) is 23.7 Å². The quantitative estimate of drug-likeness (QED) is 0.0747. The van der Waals surface area contributed by atoms with Gasteiger partial charge in [-0.3, -0.25) is 0 Å². The molecule has 0 fully saturated rings. The summed E-state index contributed by atoms with van der Waals surface area (Å²) in [6, 6.07) is 12.5. The van der Waals surface area contributed by atoms with E-state index in [0.29, 0.717) is 63.6 Å². The van der Waals surface area contributed by atoms with Crippen LogP contribution in [0, 0.1) is 0 Å². The Morgan fingerprint density at radius 3 is 1.26 bits per heavy atom. The molecule has 2 rings (SSSR count). The first-order valence-electron chi connectivity index (χ1n) is 16.1. The molecule has 10 nitrogen and oxygen atoms in total. The van der Waals surface area contributed by atoms with Gasteiger partial charge < -0.3 is 0 Å². The summed E-state index contributed by atoms with van der Waals surface area (Å²) < 4.78 is 54.9. The van der Waals surface area contributed by atoms with Crippen LogP contribution < -0.4 is 20.1 Å². The van der Waals surface area contributed by atoms with E-state index in [-0.39, 0.29) is 21.6 Å². The minimum absolute atomic E-state index is 0.0890. The van der Waals surface area contributed by atoms with Crippen molar-refractivity contribution in [3.63, 3.8) is 0 Å². The molecular formula is C32H50N4O6S2Se2. The molecule has 258 valence electrons. The van der Waals surface area contributed by atoms with Crippen molar-refractivity contribution >= 4 is 69.5 Å². The molecule has 4 N–H and O–H groups in total. The summed E-state index contributed by atoms with van der Waals surface area (Å²) >= 11 is 0.906. The number of hydrogen-bond acceptors (Lipinski definition) is 6. The van der Waals surface area contributed by atoms with Gasteiger partial charge in [0.2, 0.25) is 0 Å². The second-order valence-corrected chi connectivity index (χ2v) is 22.3. The number of carbonyl (C=O) groups excluding carboxylic acids is 2. The normalized spacial score (nSPS) is 11.8. The summed E-state index contributed by atoms with van der Waals surface area (Å²) in [5.74, 6) is -0.178. The predicted molar refractivity (Wildman–Crippen MR) is 188 cm³/mol. The van der Waals surface area contributed by atoms with Crippen LogP contribution in [0.5, 0.6) is 0 Å². The zero-order valence-electron chi connectivity index (χ0n) is 27.0. The maximum atomic E-state index is 12.4. The molecule has 2 aromatic carbocycles. The number of sulfonamides is 2. The van der Waals surface area contributed by atoms with Crippen LogP contribution in [0.4, 0.5) is 11.4 Å². The zero-order valence-corrected chi connectivity index (χ0v) is 32.1. The Bertz CT molecular complexity index is 1280. The number of amides is 2. The summed E-state index contributed by atoms with van der Waals surface area (Å²) in [6.45, 7) is 5.06. The second-order valence-electron chi connectivity index (χ2n) is 10.9. The Morgan fingerprint density at radius 1 is 0.543 bits per heavy atom. The summed E-state index contributed by atoms with van der Waals surface area (Å²) in [4.78, 5) is 25.0. The van der Waals surface area contributed by atoms with Crippen molar-refractivity contribution in [2.45, 2.75) is 111 Å². The van der Waals surface area contributed by atoms with E-state index in [4.69, 9.17) is 0 Å². The fraction of sp³-hybridized carbons (Fsp3) is 0.562. The van der Waals surface area contributed by atoms with Crippen LogP contribution >= 0.6 is 0 Å². The van der Waals surface area contributed by atoms with Crippen molar-refractivity contribution in [3.05, 3.63) is 48.5 Å². The van der Waals surface area contributed by atoms with E-state index < -0.39 is 20.0 Å². The van der Waals surface area contributed by atoms with Crippen LogP contribution in [0.3, 0.4) is 0 Å². The number of anilines is 2. The number of unbranched alkanes of at least 4 members (excludes halogenated alkanes) is 6. The number of carbonyl (C=O) groups is 2. The Balaban J connectivity index is 1.55. The molecule has 0 aliphatic heterocycles. The molecule has 0 bridgehead atoms. The summed E-state index contributed by atoms with van der Waals surface area (Å²) in [5, 5.41) is 7.66. The van der Waals surface area contributed by atoms with Gasteiger partial charge in [0.1, 0.15) is 0 Å².